The van der Waals surface area contributed by atoms with Crippen molar-refractivity contribution >= 4 is 34.0 Å². The molecule has 6 nitrogen and oxygen atoms in total. The molecule has 1 saturated heterocycles. The molecule has 9 heteroatoms. The third kappa shape index (κ3) is 6.30. The van der Waals surface area contributed by atoms with Gasteiger partial charge in [-0.05, 0) is 35.9 Å². The van der Waals surface area contributed by atoms with Crippen molar-refractivity contribution < 1.29 is 22.6 Å². The second kappa shape index (κ2) is 11.2. The summed E-state index contributed by atoms with van der Waals surface area (Å²) in [7, 11) is -0.895. The van der Waals surface area contributed by atoms with Gasteiger partial charge in [-0.3, -0.25) is 13.8 Å². The van der Waals surface area contributed by atoms with E-state index in [0.717, 1.165) is 5.56 Å². The largest absolute Gasteiger partial charge is 0.368 e. The van der Waals surface area contributed by atoms with Gasteiger partial charge in [0.1, 0.15) is 17.7 Å². The van der Waals surface area contributed by atoms with Crippen LogP contribution in [0.15, 0.2) is 72.8 Å². The molecule has 0 spiro atoms. The summed E-state index contributed by atoms with van der Waals surface area (Å²) in [5.41, 5.74) is 1.47. The minimum Gasteiger partial charge on any atom is -0.368 e. The lowest BCUT2D eigenvalue weighted by atomic mass is 10.0. The Balaban J connectivity index is 1.58. The van der Waals surface area contributed by atoms with Gasteiger partial charge in [0.05, 0.1) is 16.9 Å². The number of rotatable bonds is 7. The Hall–Kier alpha value is -3.59. The van der Waals surface area contributed by atoms with E-state index in [1.807, 2.05) is 35.2 Å². The number of halogens is 2. The van der Waals surface area contributed by atoms with Crippen LogP contribution < -0.4 is 15.5 Å². The molecule has 0 unspecified atom stereocenters. The lowest BCUT2D eigenvalue weighted by Gasteiger charge is -2.30. The van der Waals surface area contributed by atoms with Gasteiger partial charge in [0, 0.05) is 41.8 Å². The van der Waals surface area contributed by atoms with Crippen LogP contribution in [-0.4, -0.2) is 46.7 Å². The van der Waals surface area contributed by atoms with Gasteiger partial charge in [0.25, 0.3) is 5.91 Å². The van der Waals surface area contributed by atoms with E-state index in [2.05, 4.69) is 10.6 Å². The molecule has 1 aliphatic heterocycles. The second-order valence-corrected chi connectivity index (χ2v) is 9.88. The molecule has 182 valence electrons. The van der Waals surface area contributed by atoms with E-state index in [-0.39, 0.29) is 17.7 Å². The Kier molecular flexibility index (Phi) is 7.87. The Morgan fingerprint density at radius 1 is 0.943 bits per heavy atom. The lowest BCUT2D eigenvalue weighted by molar-refractivity contribution is -0.118. The fraction of sp³-hybridized carbons (Fsp3) is 0.231. The van der Waals surface area contributed by atoms with Gasteiger partial charge in [-0.1, -0.05) is 42.5 Å². The molecule has 3 aromatic carbocycles. The fourth-order valence-corrected chi connectivity index (χ4v) is 4.98. The highest BCUT2D eigenvalue weighted by atomic mass is 32.2. The van der Waals surface area contributed by atoms with Crippen LogP contribution in [0.25, 0.3) is 0 Å². The van der Waals surface area contributed by atoms with Crippen molar-refractivity contribution in [3.63, 3.8) is 0 Å². The van der Waals surface area contributed by atoms with E-state index < -0.39 is 40.3 Å². The molecule has 3 aromatic rings. The Labute approximate surface area is 204 Å². The molecule has 4 rings (SSSR count). The molecule has 0 radical (unpaired) electrons. The highest BCUT2D eigenvalue weighted by Gasteiger charge is 2.25. The number of carbonyl (C=O) groups is 2. The van der Waals surface area contributed by atoms with E-state index in [0.29, 0.717) is 30.3 Å². The number of hydrogen-bond acceptors (Lipinski definition) is 4. The molecule has 2 amide bonds. The second-order valence-electron chi connectivity index (χ2n) is 8.18. The zero-order valence-electron chi connectivity index (χ0n) is 18.9. The summed E-state index contributed by atoms with van der Waals surface area (Å²) in [6.07, 6.45) is 0.153. The fourth-order valence-electron chi connectivity index (χ4n) is 3.92. The molecule has 2 N–H and O–H groups in total. The van der Waals surface area contributed by atoms with Crippen molar-refractivity contribution in [2.45, 2.75) is 12.5 Å². The number of nitrogens with zero attached hydrogens (tertiary/aromatic N) is 1. The minimum absolute atomic E-state index is 0.153. The summed E-state index contributed by atoms with van der Waals surface area (Å²) < 4.78 is 40.0. The summed E-state index contributed by atoms with van der Waals surface area (Å²) in [6.45, 7) is 1.02. The maximum atomic E-state index is 14.2. The number of hydrogen-bond donors (Lipinski definition) is 2. The first-order chi connectivity index (χ1) is 16.9. The van der Waals surface area contributed by atoms with E-state index in [1.165, 1.54) is 36.4 Å². The zero-order chi connectivity index (χ0) is 24.8. The van der Waals surface area contributed by atoms with Crippen molar-refractivity contribution in [3.05, 3.63) is 95.6 Å². The highest BCUT2D eigenvalue weighted by molar-refractivity contribution is 7.85. The highest BCUT2D eigenvalue weighted by Crippen LogP contribution is 2.28. The van der Waals surface area contributed by atoms with Crippen LogP contribution in [0.5, 0.6) is 0 Å². The molecule has 35 heavy (non-hydrogen) atoms. The van der Waals surface area contributed by atoms with Crippen LogP contribution in [0.2, 0.25) is 0 Å². The van der Waals surface area contributed by atoms with Crippen LogP contribution in [0.4, 0.5) is 20.2 Å². The minimum atomic E-state index is -1.05. The molecule has 1 aliphatic rings. The topological polar surface area (TPSA) is 78.5 Å². The van der Waals surface area contributed by atoms with Crippen LogP contribution in [0.1, 0.15) is 15.9 Å². The SMILES string of the molecule is O=C(N[C@H](Cc1ccccc1)C(=O)Nc1cc(F)ccc1N1CCS(=O)CC1)c1ccccc1F. The maximum absolute atomic E-state index is 14.2. The number of carbonyl (C=O) groups excluding carboxylic acids is 2. The number of anilines is 2. The van der Waals surface area contributed by atoms with Crippen LogP contribution in [0.3, 0.4) is 0 Å². The number of nitrogens with one attached hydrogen (secondary N) is 2. The standard InChI is InChI=1S/C26H25F2N3O3S/c27-19-10-11-24(31-12-14-35(34)15-13-31)22(17-19)29-26(33)23(16-18-6-2-1-3-7-18)30-25(32)20-8-4-5-9-21(20)28/h1-11,17,23H,12-16H2,(H,29,33)(H,30,32)/t23-/m1/s1. The zero-order valence-corrected chi connectivity index (χ0v) is 19.7. The van der Waals surface area contributed by atoms with E-state index in [9.17, 15) is 22.6 Å². The van der Waals surface area contributed by atoms with Crippen molar-refractivity contribution in [1.29, 1.82) is 0 Å². The smallest absolute Gasteiger partial charge is 0.254 e. The average molecular weight is 498 g/mol. The van der Waals surface area contributed by atoms with E-state index >= 15 is 0 Å². The number of benzene rings is 3. The summed E-state index contributed by atoms with van der Waals surface area (Å²) in [4.78, 5) is 28.1. The molecule has 1 heterocycles. The predicted molar refractivity (Wildman–Crippen MR) is 133 cm³/mol. The number of amides is 2. The van der Waals surface area contributed by atoms with Gasteiger partial charge < -0.3 is 15.5 Å². The lowest BCUT2D eigenvalue weighted by Crippen LogP contribution is -2.46. The van der Waals surface area contributed by atoms with Gasteiger partial charge in [0.15, 0.2) is 0 Å². The van der Waals surface area contributed by atoms with Gasteiger partial charge in [-0.2, -0.15) is 0 Å². The molecule has 1 atom stereocenters. The molecular weight excluding hydrogens is 472 g/mol. The molecule has 0 saturated carbocycles. The van der Waals surface area contributed by atoms with Gasteiger partial charge >= 0.3 is 0 Å². The maximum Gasteiger partial charge on any atom is 0.254 e. The summed E-state index contributed by atoms with van der Waals surface area (Å²) >= 11 is 0. The van der Waals surface area contributed by atoms with Crippen molar-refractivity contribution in [3.8, 4) is 0 Å². The predicted octanol–water partition coefficient (Wildman–Crippen LogP) is 3.51. The molecule has 0 bridgehead atoms. The third-order valence-electron chi connectivity index (χ3n) is 5.76. The quantitative estimate of drug-likeness (QED) is 0.524. The van der Waals surface area contributed by atoms with Gasteiger partial charge in [-0.15, -0.1) is 0 Å². The Morgan fingerprint density at radius 3 is 2.34 bits per heavy atom. The first-order valence-electron chi connectivity index (χ1n) is 11.2. The average Bonchev–Trinajstić information content (AvgIpc) is 2.85. The van der Waals surface area contributed by atoms with Crippen LogP contribution in [-0.2, 0) is 22.0 Å². The van der Waals surface area contributed by atoms with Crippen molar-refractivity contribution in [1.82, 2.24) is 5.32 Å². The van der Waals surface area contributed by atoms with Crippen LogP contribution in [0, 0.1) is 11.6 Å². The first-order valence-corrected chi connectivity index (χ1v) is 12.7. The Morgan fingerprint density at radius 2 is 1.63 bits per heavy atom. The van der Waals surface area contributed by atoms with Crippen molar-refractivity contribution in [2.24, 2.45) is 0 Å². The summed E-state index contributed by atoms with van der Waals surface area (Å²) in [5, 5.41) is 5.37. The first kappa shape index (κ1) is 24.5. The van der Waals surface area contributed by atoms with E-state index in [4.69, 9.17) is 0 Å². The van der Waals surface area contributed by atoms with Crippen LogP contribution >= 0.6 is 0 Å². The monoisotopic (exact) mass is 497 g/mol. The molecular formula is C26H25F2N3O3S. The molecule has 0 aromatic heterocycles. The Bertz CT molecular complexity index is 1230. The van der Waals surface area contributed by atoms with Gasteiger partial charge in [-0.25, -0.2) is 8.78 Å². The third-order valence-corrected chi connectivity index (χ3v) is 7.03. The summed E-state index contributed by atoms with van der Waals surface area (Å²) in [5.74, 6) is -1.54. The van der Waals surface area contributed by atoms with Crippen molar-refractivity contribution in [2.75, 3.05) is 34.8 Å². The molecule has 1 fully saturated rings. The summed E-state index contributed by atoms with van der Waals surface area (Å²) in [6, 6.07) is 17.7. The molecule has 0 aliphatic carbocycles. The van der Waals surface area contributed by atoms with E-state index in [1.54, 1.807) is 6.07 Å². The van der Waals surface area contributed by atoms with Gasteiger partial charge in [0.2, 0.25) is 5.91 Å². The normalized spacial score (nSPS) is 14.9.